The van der Waals surface area contributed by atoms with Crippen molar-refractivity contribution in [2.75, 3.05) is 5.73 Å². The molecule has 2 N–H and O–H groups in total. The van der Waals surface area contributed by atoms with Gasteiger partial charge in [-0.15, -0.1) is 0 Å². The van der Waals surface area contributed by atoms with Crippen LogP contribution in [0.1, 0.15) is 5.56 Å². The van der Waals surface area contributed by atoms with Crippen LogP contribution in [0.15, 0.2) is 30.5 Å². The summed E-state index contributed by atoms with van der Waals surface area (Å²) in [6.45, 7) is 0. The van der Waals surface area contributed by atoms with E-state index in [1.807, 2.05) is 6.07 Å². The number of hydrogen-bond donors (Lipinski definition) is 1. The van der Waals surface area contributed by atoms with Crippen LogP contribution in [0.4, 0.5) is 5.82 Å². The highest BCUT2D eigenvalue weighted by Gasteiger charge is 2.11. The lowest BCUT2D eigenvalue weighted by atomic mass is 10.0. The molecule has 1 aromatic heterocycles. The fourth-order valence-electron chi connectivity index (χ4n) is 1.53. The summed E-state index contributed by atoms with van der Waals surface area (Å²) in [6.07, 6.45) is 1.54. The molecule has 3 nitrogen and oxygen atoms in total. The third-order valence-corrected chi connectivity index (χ3v) is 2.86. The molecular formula is C12H7Cl2N3. The summed E-state index contributed by atoms with van der Waals surface area (Å²) in [7, 11) is 0. The Bertz CT molecular complexity index is 618. The standard InChI is InChI=1S/C12H7Cl2N3/c13-7-1-2-9(11(14)5-7)8-3-4-17-12(16)10(8)6-15/h1-5H,(H2,16,17). The van der Waals surface area contributed by atoms with Crippen molar-refractivity contribution in [3.05, 3.63) is 46.1 Å². The van der Waals surface area contributed by atoms with Crippen LogP contribution in [0, 0.1) is 11.3 Å². The Morgan fingerprint density at radius 2 is 1.94 bits per heavy atom. The van der Waals surface area contributed by atoms with Crippen molar-refractivity contribution in [3.8, 4) is 17.2 Å². The van der Waals surface area contributed by atoms with Gasteiger partial charge in [0.1, 0.15) is 17.5 Å². The van der Waals surface area contributed by atoms with Gasteiger partial charge in [-0.1, -0.05) is 29.3 Å². The average Bonchev–Trinajstić information content (AvgIpc) is 2.29. The van der Waals surface area contributed by atoms with E-state index in [-0.39, 0.29) is 5.82 Å². The Balaban J connectivity index is 2.69. The van der Waals surface area contributed by atoms with E-state index in [2.05, 4.69) is 4.98 Å². The van der Waals surface area contributed by atoms with Gasteiger partial charge in [0.15, 0.2) is 0 Å². The van der Waals surface area contributed by atoms with Crippen molar-refractivity contribution < 1.29 is 0 Å². The molecule has 0 unspecified atom stereocenters. The molecule has 1 aromatic carbocycles. The van der Waals surface area contributed by atoms with Crippen LogP contribution >= 0.6 is 23.2 Å². The molecule has 0 amide bonds. The summed E-state index contributed by atoms with van der Waals surface area (Å²) in [4.78, 5) is 3.87. The lowest BCUT2D eigenvalue weighted by Gasteiger charge is -2.08. The highest BCUT2D eigenvalue weighted by molar-refractivity contribution is 6.36. The van der Waals surface area contributed by atoms with Gasteiger partial charge in [0.05, 0.1) is 0 Å². The normalized spacial score (nSPS) is 9.94. The fraction of sp³-hybridized carbons (Fsp3) is 0. The summed E-state index contributed by atoms with van der Waals surface area (Å²) in [5, 5.41) is 10.1. The average molecular weight is 264 g/mol. The van der Waals surface area contributed by atoms with Crippen LogP contribution in [0.3, 0.4) is 0 Å². The van der Waals surface area contributed by atoms with E-state index in [0.717, 1.165) is 0 Å². The highest BCUT2D eigenvalue weighted by atomic mass is 35.5. The van der Waals surface area contributed by atoms with Gasteiger partial charge in [-0.2, -0.15) is 5.26 Å². The Morgan fingerprint density at radius 1 is 1.18 bits per heavy atom. The molecule has 0 saturated carbocycles. The van der Waals surface area contributed by atoms with E-state index in [4.69, 9.17) is 34.2 Å². The number of benzene rings is 1. The molecule has 2 rings (SSSR count). The van der Waals surface area contributed by atoms with Crippen molar-refractivity contribution in [1.82, 2.24) is 4.98 Å². The van der Waals surface area contributed by atoms with Crippen molar-refractivity contribution in [3.63, 3.8) is 0 Å². The minimum atomic E-state index is 0.191. The molecule has 0 aliphatic carbocycles. The maximum atomic E-state index is 9.07. The molecule has 0 spiro atoms. The van der Waals surface area contributed by atoms with Gasteiger partial charge in [-0.05, 0) is 18.2 Å². The Hall–Kier alpha value is -1.76. The monoisotopic (exact) mass is 263 g/mol. The van der Waals surface area contributed by atoms with Crippen molar-refractivity contribution in [2.24, 2.45) is 0 Å². The fourth-order valence-corrected chi connectivity index (χ4v) is 2.04. The number of nitrogen functional groups attached to an aromatic ring is 1. The van der Waals surface area contributed by atoms with Crippen molar-refractivity contribution in [1.29, 1.82) is 5.26 Å². The molecule has 0 radical (unpaired) electrons. The zero-order valence-corrected chi connectivity index (χ0v) is 10.1. The minimum Gasteiger partial charge on any atom is -0.383 e. The number of hydrogen-bond acceptors (Lipinski definition) is 3. The van der Waals surface area contributed by atoms with E-state index in [9.17, 15) is 0 Å². The second-order valence-electron chi connectivity index (χ2n) is 3.35. The number of rotatable bonds is 1. The molecule has 0 aliphatic heterocycles. The largest absolute Gasteiger partial charge is 0.383 e. The SMILES string of the molecule is N#Cc1c(-c2ccc(Cl)cc2Cl)ccnc1N. The number of nitrogens with zero attached hydrogens (tertiary/aromatic N) is 2. The zero-order valence-electron chi connectivity index (χ0n) is 8.61. The lowest BCUT2D eigenvalue weighted by Crippen LogP contribution is -1.96. The Morgan fingerprint density at radius 3 is 2.59 bits per heavy atom. The number of nitrogens with two attached hydrogens (primary N) is 1. The molecule has 0 atom stereocenters. The molecule has 0 fully saturated rings. The number of pyridine rings is 1. The first-order valence-electron chi connectivity index (χ1n) is 4.73. The van der Waals surface area contributed by atoms with Gasteiger partial charge in [0.25, 0.3) is 0 Å². The van der Waals surface area contributed by atoms with Gasteiger partial charge in [-0.3, -0.25) is 0 Å². The maximum absolute atomic E-state index is 9.07. The quantitative estimate of drug-likeness (QED) is 0.857. The highest BCUT2D eigenvalue weighted by Crippen LogP contribution is 2.33. The first kappa shape index (κ1) is 11.7. The van der Waals surface area contributed by atoms with Crippen LogP contribution < -0.4 is 5.73 Å². The molecule has 5 heteroatoms. The molecule has 84 valence electrons. The molecule has 0 bridgehead atoms. The molecule has 17 heavy (non-hydrogen) atoms. The van der Waals surface area contributed by atoms with E-state index in [0.29, 0.717) is 26.7 Å². The van der Waals surface area contributed by atoms with Crippen LogP contribution in [0.2, 0.25) is 10.0 Å². The predicted molar refractivity (Wildman–Crippen MR) is 68.8 cm³/mol. The predicted octanol–water partition coefficient (Wildman–Crippen LogP) is 3.51. The van der Waals surface area contributed by atoms with Gasteiger partial charge < -0.3 is 5.73 Å². The summed E-state index contributed by atoms with van der Waals surface area (Å²) in [6, 6.07) is 8.80. The summed E-state index contributed by atoms with van der Waals surface area (Å²) in [5.41, 5.74) is 7.33. The second kappa shape index (κ2) is 4.62. The molecule has 0 saturated heterocycles. The lowest BCUT2D eigenvalue weighted by molar-refractivity contribution is 1.31. The van der Waals surface area contributed by atoms with E-state index < -0.39 is 0 Å². The minimum absolute atomic E-state index is 0.191. The summed E-state index contributed by atoms with van der Waals surface area (Å²) < 4.78 is 0. The topological polar surface area (TPSA) is 62.7 Å². The summed E-state index contributed by atoms with van der Waals surface area (Å²) >= 11 is 11.9. The van der Waals surface area contributed by atoms with Crippen LogP contribution in [0.5, 0.6) is 0 Å². The molecule has 2 aromatic rings. The van der Waals surface area contributed by atoms with E-state index in [1.54, 1.807) is 24.3 Å². The third kappa shape index (κ3) is 2.19. The van der Waals surface area contributed by atoms with Crippen LogP contribution in [0.25, 0.3) is 11.1 Å². The van der Waals surface area contributed by atoms with E-state index in [1.165, 1.54) is 6.20 Å². The molecular weight excluding hydrogens is 257 g/mol. The zero-order chi connectivity index (χ0) is 12.4. The van der Waals surface area contributed by atoms with Crippen LogP contribution in [-0.4, -0.2) is 4.98 Å². The third-order valence-electron chi connectivity index (χ3n) is 2.31. The van der Waals surface area contributed by atoms with Gasteiger partial charge in [0, 0.05) is 27.4 Å². The number of aromatic nitrogens is 1. The van der Waals surface area contributed by atoms with E-state index >= 15 is 0 Å². The van der Waals surface area contributed by atoms with Crippen molar-refractivity contribution in [2.45, 2.75) is 0 Å². The number of anilines is 1. The molecule has 0 aliphatic rings. The van der Waals surface area contributed by atoms with Crippen molar-refractivity contribution >= 4 is 29.0 Å². The van der Waals surface area contributed by atoms with Gasteiger partial charge >= 0.3 is 0 Å². The second-order valence-corrected chi connectivity index (χ2v) is 4.20. The smallest absolute Gasteiger partial charge is 0.141 e. The Kier molecular flexibility index (Phi) is 3.19. The van der Waals surface area contributed by atoms with Crippen LogP contribution in [-0.2, 0) is 0 Å². The number of halogens is 2. The number of nitriles is 1. The maximum Gasteiger partial charge on any atom is 0.141 e. The first-order chi connectivity index (χ1) is 8.13. The first-order valence-corrected chi connectivity index (χ1v) is 5.49. The Labute approximate surface area is 108 Å². The van der Waals surface area contributed by atoms with Gasteiger partial charge in [-0.25, -0.2) is 4.98 Å². The molecule has 1 heterocycles. The van der Waals surface area contributed by atoms with Gasteiger partial charge in [0.2, 0.25) is 0 Å². The summed E-state index contributed by atoms with van der Waals surface area (Å²) in [5.74, 6) is 0.191.